The maximum absolute atomic E-state index is 12.4. The Morgan fingerprint density at radius 3 is 2.09 bits per heavy atom. The lowest BCUT2D eigenvalue weighted by molar-refractivity contribution is -0.220. The second kappa shape index (κ2) is 11.5. The molecule has 2 saturated heterocycles. The van der Waals surface area contributed by atoms with Crippen LogP contribution in [-0.4, -0.2) is 44.9 Å². The Balaban J connectivity index is 0.000000191. The van der Waals surface area contributed by atoms with Crippen molar-refractivity contribution in [3.8, 4) is 0 Å². The minimum atomic E-state index is -4.23. The van der Waals surface area contributed by atoms with Crippen molar-refractivity contribution in [3.63, 3.8) is 0 Å². The van der Waals surface area contributed by atoms with E-state index in [0.717, 1.165) is 43.7 Å². The molecule has 2 heterocycles. The number of hydrogen-bond donors (Lipinski definition) is 0. The van der Waals surface area contributed by atoms with Crippen LogP contribution in [0.2, 0.25) is 0 Å². The molecule has 2 aromatic carbocycles. The van der Waals surface area contributed by atoms with Gasteiger partial charge < -0.3 is 14.4 Å². The van der Waals surface area contributed by atoms with Gasteiger partial charge in [0, 0.05) is 0 Å². The number of ether oxygens (including phenoxy) is 2. The normalized spacial score (nSPS) is 18.7. The fourth-order valence-corrected chi connectivity index (χ4v) is 4.16. The molecule has 3 nitrogen and oxygen atoms in total. The van der Waals surface area contributed by atoms with Crippen molar-refractivity contribution in [2.75, 3.05) is 40.0 Å². The third kappa shape index (κ3) is 6.94. The molecule has 6 heteroatoms. The molecule has 0 spiro atoms. The van der Waals surface area contributed by atoms with Gasteiger partial charge in [-0.1, -0.05) is 62.9 Å². The largest absolute Gasteiger partial charge is 0.416 e. The molecule has 0 unspecified atom stereocenters. The Morgan fingerprint density at radius 2 is 1.65 bits per heavy atom. The summed E-state index contributed by atoms with van der Waals surface area (Å²) in [6, 6.07) is 14.0. The van der Waals surface area contributed by atoms with E-state index in [4.69, 9.17) is 9.47 Å². The number of likely N-dealkylation sites (tertiary alicyclic amines) is 1. The zero-order valence-electron chi connectivity index (χ0n) is 20.4. The number of nitrogens with zero attached hydrogens (tertiary/aromatic N) is 1. The highest BCUT2D eigenvalue weighted by molar-refractivity contribution is 5.48. The number of piperidine rings is 1. The maximum Gasteiger partial charge on any atom is 0.416 e. The van der Waals surface area contributed by atoms with Gasteiger partial charge in [-0.15, -0.1) is 0 Å². The summed E-state index contributed by atoms with van der Waals surface area (Å²) in [5.41, 5.74) is 2.59. The Hall–Kier alpha value is -2.15. The summed E-state index contributed by atoms with van der Waals surface area (Å²) in [7, 11) is 2.07. The Kier molecular flexibility index (Phi) is 8.96. The molecule has 0 bridgehead atoms. The van der Waals surface area contributed by atoms with E-state index in [1.54, 1.807) is 12.1 Å². The van der Waals surface area contributed by atoms with Gasteiger partial charge in [0.25, 0.3) is 0 Å². The fraction of sp³-hybridized carbons (Fsp3) is 0.500. The topological polar surface area (TPSA) is 21.7 Å². The second-order valence-corrected chi connectivity index (χ2v) is 9.72. The van der Waals surface area contributed by atoms with Gasteiger partial charge >= 0.3 is 6.18 Å². The average Bonchev–Trinajstić information content (AvgIpc) is 2.79. The summed E-state index contributed by atoms with van der Waals surface area (Å²) in [6.45, 7) is 12.2. The van der Waals surface area contributed by atoms with Crippen LogP contribution in [0.5, 0.6) is 0 Å². The van der Waals surface area contributed by atoms with Crippen molar-refractivity contribution < 1.29 is 22.6 Å². The van der Waals surface area contributed by atoms with Crippen molar-refractivity contribution in [3.05, 3.63) is 77.4 Å². The van der Waals surface area contributed by atoms with Gasteiger partial charge in [-0.3, -0.25) is 0 Å². The number of hydrogen-bond acceptors (Lipinski definition) is 3. The van der Waals surface area contributed by atoms with E-state index in [9.17, 15) is 13.2 Å². The highest BCUT2D eigenvalue weighted by atomic mass is 19.4. The highest BCUT2D eigenvalue weighted by Gasteiger charge is 2.41. The fourth-order valence-electron chi connectivity index (χ4n) is 4.16. The molecule has 0 radical (unpaired) electrons. The van der Waals surface area contributed by atoms with E-state index in [1.807, 2.05) is 6.08 Å². The third-order valence-electron chi connectivity index (χ3n) is 6.46. The first-order valence-corrected chi connectivity index (χ1v) is 11.9. The molecule has 0 N–H and O–H groups in total. The van der Waals surface area contributed by atoms with Crippen LogP contribution in [0, 0.1) is 5.92 Å². The smallest absolute Gasteiger partial charge is 0.375 e. The summed E-state index contributed by atoms with van der Waals surface area (Å²) in [5, 5.41) is 0. The molecule has 2 aliphatic rings. The molecule has 0 amide bonds. The quantitative estimate of drug-likeness (QED) is 0.462. The minimum Gasteiger partial charge on any atom is -0.375 e. The van der Waals surface area contributed by atoms with Crippen molar-refractivity contribution in [1.29, 1.82) is 0 Å². The molecule has 2 aliphatic heterocycles. The standard InChI is InChI=1S/C15H20O2.C13H16F3N/c1-4-13-5-7-14(8-6-13)15(10-16-11-15)17-9-12(2)3;1-17-8-6-11(7-9-17)10-2-4-12(5-3-10)13(14,15)16/h4-8,12H,1,9-11H2,2-3H3;2-5,11H,6-9H2,1H3. The van der Waals surface area contributed by atoms with Crippen molar-refractivity contribution in [2.24, 2.45) is 5.92 Å². The summed E-state index contributed by atoms with van der Waals surface area (Å²) in [6.07, 6.45) is -0.322. The van der Waals surface area contributed by atoms with Gasteiger partial charge in [0.05, 0.1) is 25.4 Å². The van der Waals surface area contributed by atoms with E-state index in [1.165, 1.54) is 17.7 Å². The van der Waals surface area contributed by atoms with E-state index in [-0.39, 0.29) is 5.60 Å². The SMILES string of the molecule is C=Cc1ccc(C2(OCC(C)C)COC2)cc1.CN1CCC(c2ccc(C(F)(F)F)cc2)CC1. The highest BCUT2D eigenvalue weighted by Crippen LogP contribution is 2.35. The van der Waals surface area contributed by atoms with Crippen molar-refractivity contribution in [1.82, 2.24) is 4.90 Å². The zero-order chi connectivity index (χ0) is 24.8. The lowest BCUT2D eigenvalue weighted by Crippen LogP contribution is -2.49. The second-order valence-electron chi connectivity index (χ2n) is 9.72. The van der Waals surface area contributed by atoms with Gasteiger partial charge in [-0.2, -0.15) is 13.2 Å². The minimum absolute atomic E-state index is 0.218. The summed E-state index contributed by atoms with van der Waals surface area (Å²) >= 11 is 0. The van der Waals surface area contributed by atoms with E-state index in [0.29, 0.717) is 25.0 Å². The van der Waals surface area contributed by atoms with Crippen LogP contribution in [0.1, 0.15) is 54.9 Å². The lowest BCUT2D eigenvalue weighted by Gasteiger charge is -2.42. The van der Waals surface area contributed by atoms with Gasteiger partial charge in [0.2, 0.25) is 0 Å². The van der Waals surface area contributed by atoms with Crippen LogP contribution in [0.25, 0.3) is 6.08 Å². The first kappa shape index (κ1) is 26.5. The number of rotatable bonds is 6. The molecule has 34 heavy (non-hydrogen) atoms. The van der Waals surface area contributed by atoms with Gasteiger partial charge in [-0.25, -0.2) is 0 Å². The molecule has 0 atom stereocenters. The van der Waals surface area contributed by atoms with Crippen LogP contribution in [-0.2, 0) is 21.3 Å². The average molecular weight is 476 g/mol. The number of benzene rings is 2. The summed E-state index contributed by atoms with van der Waals surface area (Å²) in [5.74, 6) is 0.952. The van der Waals surface area contributed by atoms with Crippen LogP contribution in [0.15, 0.2) is 55.1 Å². The molecular formula is C28H36F3NO2. The molecule has 2 fully saturated rings. The molecule has 186 valence electrons. The molecule has 0 saturated carbocycles. The van der Waals surface area contributed by atoms with Gasteiger partial charge in [-0.05, 0) is 73.6 Å². The Bertz CT molecular complexity index is 895. The summed E-state index contributed by atoms with van der Waals surface area (Å²) < 4.78 is 48.6. The predicted molar refractivity (Wildman–Crippen MR) is 131 cm³/mol. The molecular weight excluding hydrogens is 439 g/mol. The summed E-state index contributed by atoms with van der Waals surface area (Å²) in [4.78, 5) is 2.25. The van der Waals surface area contributed by atoms with Crippen LogP contribution in [0.3, 0.4) is 0 Å². The first-order chi connectivity index (χ1) is 16.1. The zero-order valence-corrected chi connectivity index (χ0v) is 20.4. The van der Waals surface area contributed by atoms with Gasteiger partial charge in [0.1, 0.15) is 5.60 Å². The van der Waals surface area contributed by atoms with Crippen LogP contribution < -0.4 is 0 Å². The number of alkyl halides is 3. The van der Waals surface area contributed by atoms with E-state index >= 15 is 0 Å². The number of halogens is 3. The molecule has 0 aliphatic carbocycles. The Labute approximate surface area is 201 Å². The van der Waals surface area contributed by atoms with Crippen molar-refractivity contribution >= 4 is 6.08 Å². The third-order valence-corrected chi connectivity index (χ3v) is 6.46. The molecule has 0 aromatic heterocycles. The maximum atomic E-state index is 12.4. The van der Waals surface area contributed by atoms with Crippen LogP contribution in [0.4, 0.5) is 13.2 Å². The Morgan fingerprint density at radius 1 is 1.06 bits per heavy atom. The van der Waals surface area contributed by atoms with E-state index in [2.05, 4.69) is 56.6 Å². The predicted octanol–water partition coefficient (Wildman–Crippen LogP) is 6.74. The van der Waals surface area contributed by atoms with Crippen LogP contribution >= 0.6 is 0 Å². The van der Waals surface area contributed by atoms with Gasteiger partial charge in [0.15, 0.2) is 0 Å². The van der Waals surface area contributed by atoms with Crippen molar-refractivity contribution in [2.45, 2.75) is 44.4 Å². The first-order valence-electron chi connectivity index (χ1n) is 11.9. The molecule has 2 aromatic rings. The molecule has 4 rings (SSSR count). The lowest BCUT2D eigenvalue weighted by atomic mass is 9.89. The van der Waals surface area contributed by atoms with E-state index < -0.39 is 11.7 Å². The monoisotopic (exact) mass is 475 g/mol.